The molecule has 0 spiro atoms. The molecular weight excluding hydrogens is 416 g/mol. The number of hydrogen-bond donors (Lipinski definition) is 1. The molecule has 0 unspecified atom stereocenters. The van der Waals surface area contributed by atoms with Crippen LogP contribution in [-0.2, 0) is 6.18 Å². The van der Waals surface area contributed by atoms with Crippen molar-refractivity contribution >= 4 is 10.9 Å². The summed E-state index contributed by atoms with van der Waals surface area (Å²) in [5.41, 5.74) is -2.74. The summed E-state index contributed by atoms with van der Waals surface area (Å²) in [5.74, 6) is -0.730. The second-order valence-corrected chi connectivity index (χ2v) is 7.11. The number of fused-ring (bicyclic) bond motifs is 1. The van der Waals surface area contributed by atoms with E-state index in [0.29, 0.717) is 19.0 Å². The molecule has 3 aromatic rings. The summed E-state index contributed by atoms with van der Waals surface area (Å²) in [6.45, 7) is 0.606. The molecule has 1 atom stereocenters. The lowest BCUT2D eigenvalue weighted by Crippen LogP contribution is -2.29. The third-order valence-corrected chi connectivity index (χ3v) is 5.20. The average molecular weight is 432 g/mol. The van der Waals surface area contributed by atoms with Gasteiger partial charge in [-0.3, -0.25) is 9.36 Å². The second kappa shape index (κ2) is 7.67. The molecule has 160 valence electrons. The molecule has 2 heterocycles. The summed E-state index contributed by atoms with van der Waals surface area (Å²) < 4.78 is 61.4. The lowest BCUT2D eigenvalue weighted by Gasteiger charge is -2.20. The predicted molar refractivity (Wildman–Crippen MR) is 104 cm³/mol. The molecule has 1 aliphatic rings. The van der Waals surface area contributed by atoms with Gasteiger partial charge in [0.1, 0.15) is 5.82 Å². The summed E-state index contributed by atoms with van der Waals surface area (Å²) in [6.07, 6.45) is -3.52. The Morgan fingerprint density at radius 1 is 1.29 bits per heavy atom. The molecule has 2 aromatic carbocycles. The third kappa shape index (κ3) is 3.61. The first-order chi connectivity index (χ1) is 14.7. The summed E-state index contributed by atoms with van der Waals surface area (Å²) in [6, 6.07) is 6.71. The van der Waals surface area contributed by atoms with Crippen LogP contribution in [0.2, 0.25) is 0 Å². The van der Waals surface area contributed by atoms with Gasteiger partial charge in [0.2, 0.25) is 0 Å². The van der Waals surface area contributed by atoms with Crippen LogP contribution in [-0.4, -0.2) is 23.2 Å². The number of hydrogen-bond acceptors (Lipinski definition) is 5. The van der Waals surface area contributed by atoms with Gasteiger partial charge in [-0.25, -0.2) is 9.37 Å². The maximum atomic E-state index is 14.4. The SMILES string of the molecule is COc1ccc(-n2c([C@H]3CCCN3)nc3c(C(F)(F)F)cc(C#N)cc3c2=O)cc1F. The van der Waals surface area contributed by atoms with Crippen LogP contribution in [0, 0.1) is 17.1 Å². The highest BCUT2D eigenvalue weighted by molar-refractivity contribution is 5.83. The highest BCUT2D eigenvalue weighted by Gasteiger charge is 2.36. The smallest absolute Gasteiger partial charge is 0.418 e. The lowest BCUT2D eigenvalue weighted by molar-refractivity contribution is -0.136. The number of aromatic nitrogens is 2. The zero-order valence-electron chi connectivity index (χ0n) is 16.3. The summed E-state index contributed by atoms with van der Waals surface area (Å²) in [4.78, 5) is 17.6. The number of benzene rings is 2. The summed E-state index contributed by atoms with van der Waals surface area (Å²) in [5, 5.41) is 11.9. The van der Waals surface area contributed by atoms with Crippen molar-refractivity contribution < 1.29 is 22.3 Å². The molecule has 10 heteroatoms. The van der Waals surface area contributed by atoms with E-state index in [0.717, 1.165) is 23.1 Å². The Morgan fingerprint density at radius 3 is 2.65 bits per heavy atom. The van der Waals surface area contributed by atoms with Gasteiger partial charge in [-0.1, -0.05) is 0 Å². The molecular formula is C21H16F4N4O2. The van der Waals surface area contributed by atoms with Crippen molar-refractivity contribution in [3.8, 4) is 17.5 Å². The monoisotopic (exact) mass is 432 g/mol. The Morgan fingerprint density at radius 2 is 2.06 bits per heavy atom. The maximum absolute atomic E-state index is 14.4. The minimum atomic E-state index is -4.82. The lowest BCUT2D eigenvalue weighted by atomic mass is 10.0. The standard InChI is InChI=1S/C21H16F4N4O2/c1-31-17-5-4-12(9-15(17)22)29-19(16-3-2-6-27-16)28-18-13(20(29)30)7-11(10-26)8-14(18)21(23,24)25/h4-5,7-9,16,27H,2-3,6H2,1H3/t16-/m1/s1. The van der Waals surface area contributed by atoms with Crippen molar-refractivity contribution in [1.29, 1.82) is 5.26 Å². The van der Waals surface area contributed by atoms with Crippen molar-refractivity contribution in [2.24, 2.45) is 0 Å². The number of nitriles is 1. The largest absolute Gasteiger partial charge is 0.494 e. The predicted octanol–water partition coefficient (Wildman–Crippen LogP) is 3.85. The van der Waals surface area contributed by atoms with E-state index in [9.17, 15) is 22.4 Å². The van der Waals surface area contributed by atoms with E-state index in [4.69, 9.17) is 10.00 Å². The van der Waals surface area contributed by atoms with E-state index in [-0.39, 0.29) is 28.2 Å². The quantitative estimate of drug-likeness (QED) is 0.636. The highest BCUT2D eigenvalue weighted by atomic mass is 19.4. The molecule has 1 fully saturated rings. The normalized spacial score (nSPS) is 16.5. The molecule has 1 saturated heterocycles. The van der Waals surface area contributed by atoms with Gasteiger partial charge in [0, 0.05) is 6.07 Å². The van der Waals surface area contributed by atoms with E-state index in [1.165, 1.54) is 19.2 Å². The topological polar surface area (TPSA) is 79.9 Å². The van der Waals surface area contributed by atoms with Crippen LogP contribution in [0.5, 0.6) is 5.75 Å². The number of halogens is 4. The molecule has 0 aliphatic carbocycles. The van der Waals surface area contributed by atoms with Crippen LogP contribution < -0.4 is 15.6 Å². The number of alkyl halides is 3. The van der Waals surface area contributed by atoms with Gasteiger partial charge in [0.05, 0.1) is 46.9 Å². The van der Waals surface area contributed by atoms with Crippen LogP contribution >= 0.6 is 0 Å². The fraction of sp³-hybridized carbons (Fsp3) is 0.286. The van der Waals surface area contributed by atoms with Crippen LogP contribution in [0.3, 0.4) is 0 Å². The number of methoxy groups -OCH3 is 1. The van der Waals surface area contributed by atoms with E-state index >= 15 is 0 Å². The molecule has 0 bridgehead atoms. The zero-order valence-corrected chi connectivity index (χ0v) is 16.3. The van der Waals surface area contributed by atoms with Crippen molar-refractivity contribution in [3.05, 3.63) is 63.5 Å². The van der Waals surface area contributed by atoms with Crippen LogP contribution in [0.25, 0.3) is 16.6 Å². The van der Waals surface area contributed by atoms with Crippen LogP contribution in [0.4, 0.5) is 17.6 Å². The van der Waals surface area contributed by atoms with E-state index < -0.39 is 34.7 Å². The Bertz CT molecular complexity index is 1270. The van der Waals surface area contributed by atoms with Gasteiger partial charge in [-0.05, 0) is 43.7 Å². The molecule has 0 amide bonds. The van der Waals surface area contributed by atoms with Gasteiger partial charge in [0.15, 0.2) is 11.6 Å². The number of nitrogens with zero attached hydrogens (tertiary/aromatic N) is 3. The van der Waals surface area contributed by atoms with E-state index in [1.54, 1.807) is 6.07 Å². The van der Waals surface area contributed by atoms with Crippen molar-refractivity contribution in [2.75, 3.05) is 13.7 Å². The zero-order chi connectivity index (χ0) is 22.3. The van der Waals surface area contributed by atoms with Gasteiger partial charge in [-0.15, -0.1) is 0 Å². The molecule has 6 nitrogen and oxygen atoms in total. The van der Waals surface area contributed by atoms with Crippen molar-refractivity contribution in [2.45, 2.75) is 25.1 Å². The maximum Gasteiger partial charge on any atom is 0.418 e. The average Bonchev–Trinajstić information content (AvgIpc) is 3.27. The fourth-order valence-electron chi connectivity index (χ4n) is 3.77. The molecule has 0 saturated carbocycles. The Labute approximate surface area is 173 Å². The minimum absolute atomic E-state index is 0.0442. The third-order valence-electron chi connectivity index (χ3n) is 5.20. The minimum Gasteiger partial charge on any atom is -0.494 e. The van der Waals surface area contributed by atoms with Gasteiger partial charge < -0.3 is 10.1 Å². The first-order valence-electron chi connectivity index (χ1n) is 9.40. The Hall–Kier alpha value is -3.45. The molecule has 31 heavy (non-hydrogen) atoms. The first-order valence-corrected chi connectivity index (χ1v) is 9.40. The molecule has 1 N–H and O–H groups in total. The van der Waals surface area contributed by atoms with Crippen molar-refractivity contribution in [1.82, 2.24) is 14.9 Å². The Kier molecular flexibility index (Phi) is 5.15. The summed E-state index contributed by atoms with van der Waals surface area (Å²) in [7, 11) is 1.29. The van der Waals surface area contributed by atoms with E-state index in [2.05, 4.69) is 10.3 Å². The van der Waals surface area contributed by atoms with Gasteiger partial charge in [-0.2, -0.15) is 18.4 Å². The Balaban J connectivity index is 2.11. The number of nitrogens with one attached hydrogen (secondary N) is 1. The molecule has 0 radical (unpaired) electrons. The highest BCUT2D eigenvalue weighted by Crippen LogP contribution is 2.35. The number of ether oxygens (including phenoxy) is 1. The van der Waals surface area contributed by atoms with E-state index in [1.807, 2.05) is 0 Å². The first kappa shape index (κ1) is 20.8. The van der Waals surface area contributed by atoms with Crippen molar-refractivity contribution in [3.63, 3.8) is 0 Å². The summed E-state index contributed by atoms with van der Waals surface area (Å²) >= 11 is 0. The van der Waals surface area contributed by atoms with Crippen LogP contribution in [0.15, 0.2) is 35.1 Å². The molecule has 1 aromatic heterocycles. The second-order valence-electron chi connectivity index (χ2n) is 7.11. The number of rotatable bonds is 3. The molecule has 1 aliphatic heterocycles. The van der Waals surface area contributed by atoms with Crippen LogP contribution in [0.1, 0.15) is 35.8 Å². The van der Waals surface area contributed by atoms with Gasteiger partial charge >= 0.3 is 6.18 Å². The fourth-order valence-corrected chi connectivity index (χ4v) is 3.77. The molecule has 4 rings (SSSR count). The van der Waals surface area contributed by atoms with Gasteiger partial charge in [0.25, 0.3) is 5.56 Å².